The van der Waals surface area contributed by atoms with Crippen LogP contribution in [0, 0.1) is 5.92 Å². The number of benzene rings is 2. The lowest BCUT2D eigenvalue weighted by atomic mass is 9.85. The largest absolute Gasteiger partial charge is 0.340 e. The lowest BCUT2D eigenvalue weighted by Crippen LogP contribution is -2.43. The molecule has 29 heavy (non-hydrogen) atoms. The van der Waals surface area contributed by atoms with Gasteiger partial charge in [0.1, 0.15) is 5.82 Å². The van der Waals surface area contributed by atoms with Gasteiger partial charge in [0.05, 0.1) is 27.8 Å². The first kappa shape index (κ1) is 18.8. The highest BCUT2D eigenvalue weighted by atomic mass is 35.5. The number of carbonyl (C=O) groups excluding carboxylic acids is 1. The van der Waals surface area contributed by atoms with Crippen molar-refractivity contribution in [3.05, 3.63) is 58.3 Å². The molecule has 3 atom stereocenters. The van der Waals surface area contributed by atoms with Gasteiger partial charge in [-0.1, -0.05) is 48.2 Å². The number of H-pyrrole nitrogens is 1. The Hall–Kier alpha value is -2.24. The van der Waals surface area contributed by atoms with E-state index in [-0.39, 0.29) is 18.1 Å². The van der Waals surface area contributed by atoms with Crippen LogP contribution < -0.4 is 5.32 Å². The van der Waals surface area contributed by atoms with Crippen LogP contribution in [-0.4, -0.2) is 26.9 Å². The molecule has 1 saturated carbocycles. The lowest BCUT2D eigenvalue weighted by molar-refractivity contribution is 0.163. The molecule has 2 amide bonds. The summed E-state index contributed by atoms with van der Waals surface area (Å²) in [6, 6.07) is 13.1. The summed E-state index contributed by atoms with van der Waals surface area (Å²) in [5, 5.41) is 4.00. The van der Waals surface area contributed by atoms with Crippen molar-refractivity contribution in [2.75, 3.05) is 5.32 Å². The maximum atomic E-state index is 13.4. The smallest absolute Gasteiger partial charge is 0.322 e. The number of urea groups is 1. The van der Waals surface area contributed by atoms with E-state index >= 15 is 0 Å². The molecule has 0 unspecified atom stereocenters. The SMILES string of the molecule is O=C(Nc1cc(Cl)ccc1Cl)N1[C@@H]2CCCC[C@@H]2C[C@H]1c1nc2ccccc2[nH]1. The van der Waals surface area contributed by atoms with Gasteiger partial charge in [-0.05, 0) is 55.5 Å². The molecule has 5 nitrogen and oxygen atoms in total. The topological polar surface area (TPSA) is 61.0 Å². The summed E-state index contributed by atoms with van der Waals surface area (Å²) in [6.45, 7) is 0. The normalized spacial score (nSPS) is 23.9. The van der Waals surface area contributed by atoms with Crippen LogP contribution in [0.5, 0.6) is 0 Å². The summed E-state index contributed by atoms with van der Waals surface area (Å²) < 4.78 is 0. The fourth-order valence-electron chi connectivity index (χ4n) is 4.90. The molecule has 0 spiro atoms. The minimum atomic E-state index is -0.144. The number of para-hydroxylation sites is 2. The van der Waals surface area contributed by atoms with Crippen LogP contribution in [0.15, 0.2) is 42.5 Å². The molecule has 1 aliphatic carbocycles. The zero-order valence-corrected chi connectivity index (χ0v) is 17.4. The van der Waals surface area contributed by atoms with Gasteiger partial charge >= 0.3 is 6.03 Å². The molecule has 2 aliphatic rings. The monoisotopic (exact) mass is 428 g/mol. The van der Waals surface area contributed by atoms with Crippen molar-refractivity contribution in [2.45, 2.75) is 44.2 Å². The van der Waals surface area contributed by atoms with Gasteiger partial charge in [-0.2, -0.15) is 0 Å². The predicted molar refractivity (Wildman–Crippen MR) is 117 cm³/mol. The van der Waals surface area contributed by atoms with Crippen LogP contribution in [-0.2, 0) is 0 Å². The number of carbonyl (C=O) groups is 1. The summed E-state index contributed by atoms with van der Waals surface area (Å²) >= 11 is 12.4. The number of rotatable bonds is 2. The maximum absolute atomic E-state index is 13.4. The van der Waals surface area contributed by atoms with Gasteiger partial charge in [-0.3, -0.25) is 0 Å². The van der Waals surface area contributed by atoms with E-state index in [1.807, 2.05) is 29.2 Å². The van der Waals surface area contributed by atoms with Crippen LogP contribution in [0.3, 0.4) is 0 Å². The zero-order chi connectivity index (χ0) is 20.0. The number of halogens is 2. The molecule has 1 aromatic heterocycles. The van der Waals surface area contributed by atoms with E-state index in [1.165, 1.54) is 6.42 Å². The Morgan fingerprint density at radius 3 is 2.83 bits per heavy atom. The molecule has 7 heteroatoms. The third-order valence-corrected chi connectivity index (χ3v) is 6.78. The quantitative estimate of drug-likeness (QED) is 0.495. The Labute approximate surface area is 179 Å². The summed E-state index contributed by atoms with van der Waals surface area (Å²) in [6.07, 6.45) is 5.49. The number of hydrogen-bond acceptors (Lipinski definition) is 2. The van der Waals surface area contributed by atoms with Crippen molar-refractivity contribution in [1.29, 1.82) is 0 Å². The number of fused-ring (bicyclic) bond motifs is 2. The molecule has 2 aromatic carbocycles. The Morgan fingerprint density at radius 1 is 1.14 bits per heavy atom. The summed E-state index contributed by atoms with van der Waals surface area (Å²) in [4.78, 5) is 23.6. The van der Waals surface area contributed by atoms with Crippen molar-refractivity contribution in [3.63, 3.8) is 0 Å². The minimum Gasteiger partial charge on any atom is -0.340 e. The van der Waals surface area contributed by atoms with Gasteiger partial charge in [0, 0.05) is 11.1 Å². The third kappa shape index (κ3) is 3.47. The lowest BCUT2D eigenvalue weighted by Gasteiger charge is -2.33. The number of anilines is 1. The number of aromatic amines is 1. The summed E-state index contributed by atoms with van der Waals surface area (Å²) in [5.74, 6) is 1.36. The summed E-state index contributed by atoms with van der Waals surface area (Å²) in [7, 11) is 0. The van der Waals surface area contributed by atoms with Crippen LogP contribution >= 0.6 is 23.2 Å². The van der Waals surface area contributed by atoms with Crippen LogP contribution in [0.4, 0.5) is 10.5 Å². The number of likely N-dealkylation sites (tertiary alicyclic amines) is 1. The second kappa shape index (κ2) is 7.54. The Morgan fingerprint density at radius 2 is 1.97 bits per heavy atom. The Balaban J connectivity index is 1.49. The average molecular weight is 429 g/mol. The van der Waals surface area contributed by atoms with Gasteiger partial charge in [0.2, 0.25) is 0 Å². The van der Waals surface area contributed by atoms with Gasteiger partial charge < -0.3 is 15.2 Å². The van der Waals surface area contributed by atoms with E-state index in [1.54, 1.807) is 18.2 Å². The highest BCUT2D eigenvalue weighted by Crippen LogP contribution is 2.46. The Kier molecular flexibility index (Phi) is 4.88. The van der Waals surface area contributed by atoms with E-state index in [0.717, 1.165) is 42.5 Å². The molecule has 0 bridgehead atoms. The molecule has 5 rings (SSSR count). The van der Waals surface area contributed by atoms with Gasteiger partial charge in [-0.25, -0.2) is 9.78 Å². The van der Waals surface area contributed by atoms with E-state index < -0.39 is 0 Å². The van der Waals surface area contributed by atoms with Crippen molar-refractivity contribution < 1.29 is 4.79 Å². The highest BCUT2D eigenvalue weighted by molar-refractivity contribution is 6.35. The van der Waals surface area contributed by atoms with E-state index in [2.05, 4.69) is 10.3 Å². The average Bonchev–Trinajstić information content (AvgIpc) is 3.32. The first-order valence-electron chi connectivity index (χ1n) is 10.1. The van der Waals surface area contributed by atoms with Crippen LogP contribution in [0.1, 0.15) is 44.0 Å². The number of imidazole rings is 1. The standard InChI is InChI=1S/C22H22Cl2N4O/c23-14-9-10-15(24)18(12-14)27-22(29)28-19-8-4-1-5-13(19)11-20(28)21-25-16-6-2-3-7-17(16)26-21/h2-3,6-7,9-10,12-13,19-20H,1,4-5,8,11H2,(H,25,26)(H,27,29)/t13-,19-,20+/m1/s1. The number of hydrogen-bond donors (Lipinski definition) is 2. The third-order valence-electron chi connectivity index (χ3n) is 6.22. The molecule has 2 fully saturated rings. The predicted octanol–water partition coefficient (Wildman–Crippen LogP) is 6.41. The van der Waals surface area contributed by atoms with Crippen LogP contribution in [0.25, 0.3) is 11.0 Å². The second-order valence-corrected chi connectivity index (χ2v) is 8.81. The molecule has 0 radical (unpaired) electrons. The molecular formula is C22H22Cl2N4O. The van der Waals surface area contributed by atoms with Crippen molar-refractivity contribution in [3.8, 4) is 0 Å². The molecule has 1 saturated heterocycles. The molecule has 2 N–H and O–H groups in total. The number of amides is 2. The number of nitrogens with zero attached hydrogens (tertiary/aromatic N) is 2. The fraction of sp³-hybridized carbons (Fsp3) is 0.364. The first-order valence-corrected chi connectivity index (χ1v) is 10.8. The van der Waals surface area contributed by atoms with Gasteiger partial charge in [0.15, 0.2) is 0 Å². The summed E-state index contributed by atoms with van der Waals surface area (Å²) in [5.41, 5.74) is 2.46. The van der Waals surface area contributed by atoms with Crippen molar-refractivity contribution >= 4 is 46.0 Å². The highest BCUT2D eigenvalue weighted by Gasteiger charge is 2.46. The number of nitrogens with one attached hydrogen (secondary N) is 2. The molecule has 150 valence electrons. The first-order chi connectivity index (χ1) is 14.1. The molecule has 1 aliphatic heterocycles. The van der Waals surface area contributed by atoms with E-state index in [9.17, 15) is 4.79 Å². The number of aromatic nitrogens is 2. The second-order valence-electron chi connectivity index (χ2n) is 7.96. The minimum absolute atomic E-state index is 0.0755. The van der Waals surface area contributed by atoms with Crippen LogP contribution in [0.2, 0.25) is 10.0 Å². The van der Waals surface area contributed by atoms with Crippen molar-refractivity contribution in [2.24, 2.45) is 5.92 Å². The maximum Gasteiger partial charge on any atom is 0.322 e. The Bertz CT molecular complexity index is 1030. The fourth-order valence-corrected chi connectivity index (χ4v) is 5.24. The molecule has 2 heterocycles. The molecule has 3 aromatic rings. The van der Waals surface area contributed by atoms with E-state index in [0.29, 0.717) is 21.7 Å². The van der Waals surface area contributed by atoms with E-state index in [4.69, 9.17) is 28.2 Å². The molecular weight excluding hydrogens is 407 g/mol. The zero-order valence-electron chi connectivity index (χ0n) is 15.9. The van der Waals surface area contributed by atoms with Crippen molar-refractivity contribution in [1.82, 2.24) is 14.9 Å². The van der Waals surface area contributed by atoms with Gasteiger partial charge in [-0.15, -0.1) is 0 Å². The van der Waals surface area contributed by atoms with Gasteiger partial charge in [0.25, 0.3) is 0 Å².